The summed E-state index contributed by atoms with van der Waals surface area (Å²) >= 11 is 0. The Kier molecular flexibility index (Phi) is 1.59. The van der Waals surface area contributed by atoms with Gasteiger partial charge in [0, 0.05) is 5.92 Å². The van der Waals surface area contributed by atoms with E-state index in [1.165, 1.54) is 12.8 Å². The Balaban J connectivity index is 2.38. The lowest BCUT2D eigenvalue weighted by molar-refractivity contribution is -0.126. The van der Waals surface area contributed by atoms with E-state index in [-0.39, 0.29) is 17.2 Å². The Morgan fingerprint density at radius 3 is 2.23 bits per heavy atom. The number of nitrogens with two attached hydrogens (primary N) is 1. The molecule has 2 rings (SSSR count). The van der Waals surface area contributed by atoms with Gasteiger partial charge in [0.2, 0.25) is 5.91 Å². The van der Waals surface area contributed by atoms with Crippen LogP contribution in [-0.2, 0) is 4.79 Å². The summed E-state index contributed by atoms with van der Waals surface area (Å²) in [4.78, 5) is 11.3. The normalized spacial score (nSPS) is 46.7. The van der Waals surface area contributed by atoms with Gasteiger partial charge < -0.3 is 5.73 Å². The van der Waals surface area contributed by atoms with Crippen molar-refractivity contribution in [3.05, 3.63) is 0 Å². The molecule has 2 heteroatoms. The molecular weight excluding hydrogens is 162 g/mol. The van der Waals surface area contributed by atoms with Gasteiger partial charge in [-0.3, -0.25) is 4.79 Å². The van der Waals surface area contributed by atoms with Crippen LogP contribution in [0.3, 0.4) is 0 Å². The third-order valence-electron chi connectivity index (χ3n) is 5.14. The van der Waals surface area contributed by atoms with Gasteiger partial charge in [0.1, 0.15) is 0 Å². The first-order valence-electron chi connectivity index (χ1n) is 5.19. The standard InChI is InChI=1S/C11H19NO/c1-10(2)7-4-5-11(10,3)8(6-7)9(12)13/h7-8H,4-6H2,1-3H3,(H2,12,13)/t7-,8+,11-/m1/s1. The number of primary amides is 1. The van der Waals surface area contributed by atoms with Crippen LogP contribution in [0.1, 0.15) is 40.0 Å². The predicted molar refractivity (Wildman–Crippen MR) is 51.9 cm³/mol. The minimum atomic E-state index is -0.0854. The van der Waals surface area contributed by atoms with Crippen molar-refractivity contribution in [2.45, 2.75) is 40.0 Å². The minimum absolute atomic E-state index is 0.0854. The molecule has 0 spiro atoms. The van der Waals surface area contributed by atoms with Gasteiger partial charge >= 0.3 is 0 Å². The van der Waals surface area contributed by atoms with Gasteiger partial charge in [-0.05, 0) is 36.0 Å². The molecule has 0 heterocycles. The second-order valence-electron chi connectivity index (χ2n) is 5.57. The number of rotatable bonds is 1. The summed E-state index contributed by atoms with van der Waals surface area (Å²) in [6, 6.07) is 0. The van der Waals surface area contributed by atoms with Crippen LogP contribution in [0.2, 0.25) is 0 Å². The van der Waals surface area contributed by atoms with Crippen molar-refractivity contribution in [3.63, 3.8) is 0 Å². The monoisotopic (exact) mass is 181 g/mol. The number of hydrogen-bond donors (Lipinski definition) is 1. The molecule has 0 aromatic carbocycles. The fraction of sp³-hybridized carbons (Fsp3) is 0.909. The highest BCUT2D eigenvalue weighted by Gasteiger charge is 2.62. The lowest BCUT2D eigenvalue weighted by Gasteiger charge is -2.37. The zero-order valence-electron chi connectivity index (χ0n) is 8.76. The molecule has 0 radical (unpaired) electrons. The molecule has 2 N–H and O–H groups in total. The summed E-state index contributed by atoms with van der Waals surface area (Å²) < 4.78 is 0. The SMILES string of the molecule is CC1(C)[C@@H]2CC[C@]1(C)[C@H](C(N)=O)C2. The van der Waals surface area contributed by atoms with Gasteiger partial charge in [0.05, 0.1) is 0 Å². The van der Waals surface area contributed by atoms with Gasteiger partial charge in [-0.2, -0.15) is 0 Å². The zero-order valence-corrected chi connectivity index (χ0v) is 8.76. The minimum Gasteiger partial charge on any atom is -0.369 e. The van der Waals surface area contributed by atoms with Gasteiger partial charge in [-0.15, -0.1) is 0 Å². The lowest BCUT2D eigenvalue weighted by atomic mass is 9.66. The van der Waals surface area contributed by atoms with E-state index in [1.807, 2.05) is 0 Å². The van der Waals surface area contributed by atoms with Crippen molar-refractivity contribution >= 4 is 5.91 Å². The molecule has 2 aliphatic carbocycles. The summed E-state index contributed by atoms with van der Waals surface area (Å²) in [6.45, 7) is 6.84. The number of amides is 1. The van der Waals surface area contributed by atoms with Crippen molar-refractivity contribution in [1.29, 1.82) is 0 Å². The maximum atomic E-state index is 11.3. The number of carbonyl (C=O) groups excluding carboxylic acids is 1. The Labute approximate surface area is 79.9 Å². The molecule has 13 heavy (non-hydrogen) atoms. The Morgan fingerprint density at radius 1 is 1.38 bits per heavy atom. The fourth-order valence-electron chi connectivity index (χ4n) is 3.63. The van der Waals surface area contributed by atoms with Crippen LogP contribution in [-0.4, -0.2) is 5.91 Å². The first kappa shape index (κ1) is 9.04. The third-order valence-corrected chi connectivity index (χ3v) is 5.14. The second-order valence-corrected chi connectivity index (χ2v) is 5.57. The topological polar surface area (TPSA) is 43.1 Å². The van der Waals surface area contributed by atoms with E-state index in [1.54, 1.807) is 0 Å². The molecule has 0 aromatic heterocycles. The Bertz CT molecular complexity index is 259. The molecular formula is C11H19NO. The van der Waals surface area contributed by atoms with Crippen molar-refractivity contribution in [1.82, 2.24) is 0 Å². The highest BCUT2D eigenvalue weighted by atomic mass is 16.1. The van der Waals surface area contributed by atoms with Crippen LogP contribution in [0.5, 0.6) is 0 Å². The quantitative estimate of drug-likeness (QED) is 0.660. The largest absolute Gasteiger partial charge is 0.369 e. The van der Waals surface area contributed by atoms with Gasteiger partial charge in [-0.25, -0.2) is 0 Å². The van der Waals surface area contributed by atoms with Crippen LogP contribution in [0.25, 0.3) is 0 Å². The number of fused-ring (bicyclic) bond motifs is 2. The van der Waals surface area contributed by atoms with Crippen LogP contribution < -0.4 is 5.73 Å². The molecule has 2 saturated carbocycles. The molecule has 3 atom stereocenters. The average Bonchev–Trinajstić information content (AvgIpc) is 2.34. The van der Waals surface area contributed by atoms with Gasteiger partial charge in [0.15, 0.2) is 0 Å². The van der Waals surface area contributed by atoms with Crippen molar-refractivity contribution < 1.29 is 4.79 Å². The van der Waals surface area contributed by atoms with Gasteiger partial charge in [-0.1, -0.05) is 20.8 Å². The highest BCUT2D eigenvalue weighted by Crippen LogP contribution is 2.67. The molecule has 2 aliphatic rings. The van der Waals surface area contributed by atoms with Crippen molar-refractivity contribution in [2.24, 2.45) is 28.4 Å². The summed E-state index contributed by atoms with van der Waals surface area (Å²) in [6.07, 6.45) is 3.49. The summed E-state index contributed by atoms with van der Waals surface area (Å²) in [7, 11) is 0. The lowest BCUT2D eigenvalue weighted by Crippen LogP contribution is -2.39. The summed E-state index contributed by atoms with van der Waals surface area (Å²) in [5, 5.41) is 0. The van der Waals surface area contributed by atoms with E-state index in [0.29, 0.717) is 5.41 Å². The summed E-state index contributed by atoms with van der Waals surface area (Å²) in [5.74, 6) is 0.758. The van der Waals surface area contributed by atoms with Crippen LogP contribution in [0.4, 0.5) is 0 Å². The van der Waals surface area contributed by atoms with E-state index in [4.69, 9.17) is 5.73 Å². The first-order chi connectivity index (χ1) is 5.89. The van der Waals surface area contributed by atoms with E-state index in [9.17, 15) is 4.79 Å². The molecule has 2 fully saturated rings. The molecule has 0 saturated heterocycles. The molecule has 0 unspecified atom stereocenters. The highest BCUT2D eigenvalue weighted by molar-refractivity contribution is 5.78. The van der Waals surface area contributed by atoms with E-state index in [0.717, 1.165) is 12.3 Å². The van der Waals surface area contributed by atoms with Crippen LogP contribution in [0, 0.1) is 22.7 Å². The summed E-state index contributed by atoms with van der Waals surface area (Å²) in [5.41, 5.74) is 5.93. The van der Waals surface area contributed by atoms with Crippen molar-refractivity contribution in [2.75, 3.05) is 0 Å². The number of hydrogen-bond acceptors (Lipinski definition) is 1. The van der Waals surface area contributed by atoms with Crippen LogP contribution in [0.15, 0.2) is 0 Å². The van der Waals surface area contributed by atoms with E-state index < -0.39 is 0 Å². The molecule has 0 aromatic rings. The Hall–Kier alpha value is -0.530. The maximum absolute atomic E-state index is 11.3. The van der Waals surface area contributed by atoms with Crippen LogP contribution >= 0.6 is 0 Å². The predicted octanol–water partition coefficient (Wildman–Crippen LogP) is 1.93. The second kappa shape index (κ2) is 2.28. The van der Waals surface area contributed by atoms with E-state index in [2.05, 4.69) is 20.8 Å². The maximum Gasteiger partial charge on any atom is 0.221 e. The smallest absolute Gasteiger partial charge is 0.221 e. The first-order valence-corrected chi connectivity index (χ1v) is 5.19. The molecule has 2 nitrogen and oxygen atoms in total. The van der Waals surface area contributed by atoms with E-state index >= 15 is 0 Å². The molecule has 74 valence electrons. The number of carbonyl (C=O) groups is 1. The zero-order chi connectivity index (χ0) is 9.85. The van der Waals surface area contributed by atoms with Crippen molar-refractivity contribution in [3.8, 4) is 0 Å². The average molecular weight is 181 g/mol. The molecule has 1 amide bonds. The molecule has 2 bridgehead atoms. The fourth-order valence-corrected chi connectivity index (χ4v) is 3.63. The van der Waals surface area contributed by atoms with Gasteiger partial charge in [0.25, 0.3) is 0 Å². The Morgan fingerprint density at radius 2 is 2.00 bits per heavy atom. The third kappa shape index (κ3) is 0.866. The molecule has 0 aliphatic heterocycles.